The molecule has 21 heavy (non-hydrogen) atoms. The van der Waals surface area contributed by atoms with Crippen LogP contribution < -0.4 is 10.2 Å². The summed E-state index contributed by atoms with van der Waals surface area (Å²) in [5, 5.41) is 3.63. The first-order valence-corrected chi connectivity index (χ1v) is 8.76. The second-order valence-corrected chi connectivity index (χ2v) is 7.33. The van der Waals surface area contributed by atoms with Crippen LogP contribution in [0.1, 0.15) is 31.7 Å². The molecule has 1 heterocycles. The third-order valence-electron chi connectivity index (χ3n) is 4.73. The summed E-state index contributed by atoms with van der Waals surface area (Å²) in [4.78, 5) is 2.49. The van der Waals surface area contributed by atoms with Crippen LogP contribution >= 0.6 is 15.9 Å². The molecule has 3 rings (SSSR count). The summed E-state index contributed by atoms with van der Waals surface area (Å²) >= 11 is 3.61. The number of nitrogens with one attached hydrogen (secondary N) is 1. The zero-order valence-electron chi connectivity index (χ0n) is 12.9. The molecule has 1 saturated carbocycles. The second-order valence-electron chi connectivity index (χ2n) is 6.41. The molecule has 1 aromatic carbocycles. The predicted molar refractivity (Wildman–Crippen MR) is 90.8 cm³/mol. The minimum Gasteiger partial charge on any atom is -0.379 e. The van der Waals surface area contributed by atoms with E-state index in [4.69, 9.17) is 4.74 Å². The fraction of sp³-hybridized carbons (Fsp3) is 0.647. The van der Waals surface area contributed by atoms with E-state index >= 15 is 0 Å². The maximum absolute atomic E-state index is 5.66. The number of rotatable bonds is 5. The van der Waals surface area contributed by atoms with Gasteiger partial charge in [-0.25, -0.2) is 0 Å². The van der Waals surface area contributed by atoms with Crippen molar-refractivity contribution < 1.29 is 4.74 Å². The molecule has 3 nitrogen and oxygen atoms in total. The zero-order chi connectivity index (χ0) is 14.8. The first-order valence-electron chi connectivity index (χ1n) is 7.97. The summed E-state index contributed by atoms with van der Waals surface area (Å²) in [7, 11) is 1.84. The van der Waals surface area contributed by atoms with Crippen LogP contribution in [0.5, 0.6) is 0 Å². The Labute approximate surface area is 136 Å². The number of anilines is 1. The third kappa shape index (κ3) is 3.79. The minimum atomic E-state index is 0.339. The van der Waals surface area contributed by atoms with Crippen molar-refractivity contribution in [3.63, 3.8) is 0 Å². The topological polar surface area (TPSA) is 24.5 Å². The van der Waals surface area contributed by atoms with Crippen LogP contribution in [-0.2, 0) is 11.3 Å². The fourth-order valence-corrected chi connectivity index (χ4v) is 3.51. The van der Waals surface area contributed by atoms with Gasteiger partial charge in [0.1, 0.15) is 0 Å². The van der Waals surface area contributed by atoms with Crippen LogP contribution in [0.3, 0.4) is 0 Å². The molecule has 1 aromatic rings. The molecule has 1 N–H and O–H groups in total. The number of methoxy groups -OCH3 is 1. The Balaban J connectivity index is 1.76. The number of piperidine rings is 1. The molecule has 1 aliphatic heterocycles. The van der Waals surface area contributed by atoms with Gasteiger partial charge in [0.15, 0.2) is 0 Å². The maximum Gasteiger partial charge on any atom is 0.0772 e. The molecule has 0 radical (unpaired) electrons. The van der Waals surface area contributed by atoms with Crippen LogP contribution in [0.4, 0.5) is 5.69 Å². The SMILES string of the molecule is COC1CN(c2ccc(Br)cc2CNC2CC2)CCC1C. The van der Waals surface area contributed by atoms with E-state index in [1.165, 1.54) is 30.5 Å². The van der Waals surface area contributed by atoms with Gasteiger partial charge in [0.25, 0.3) is 0 Å². The molecule has 4 heteroatoms. The van der Waals surface area contributed by atoms with Gasteiger partial charge < -0.3 is 15.0 Å². The van der Waals surface area contributed by atoms with Crippen LogP contribution in [0.25, 0.3) is 0 Å². The van der Waals surface area contributed by atoms with E-state index in [9.17, 15) is 0 Å². The van der Waals surface area contributed by atoms with Gasteiger partial charge in [-0.15, -0.1) is 0 Å². The highest BCUT2D eigenvalue weighted by molar-refractivity contribution is 9.10. The molecule has 2 atom stereocenters. The normalized spacial score (nSPS) is 26.1. The first kappa shape index (κ1) is 15.3. The number of halogens is 1. The minimum absolute atomic E-state index is 0.339. The highest BCUT2D eigenvalue weighted by Crippen LogP contribution is 2.30. The largest absolute Gasteiger partial charge is 0.379 e. The number of hydrogen-bond donors (Lipinski definition) is 1. The molecule has 0 amide bonds. The predicted octanol–water partition coefficient (Wildman–Crippen LogP) is 3.56. The fourth-order valence-electron chi connectivity index (χ4n) is 3.11. The molecule has 1 aliphatic carbocycles. The van der Waals surface area contributed by atoms with E-state index in [0.29, 0.717) is 12.0 Å². The van der Waals surface area contributed by atoms with Gasteiger partial charge in [0, 0.05) is 42.9 Å². The molecule has 0 spiro atoms. The van der Waals surface area contributed by atoms with E-state index in [1.54, 1.807) is 0 Å². The van der Waals surface area contributed by atoms with Crippen molar-refractivity contribution in [2.24, 2.45) is 5.92 Å². The van der Waals surface area contributed by atoms with Crippen molar-refractivity contribution in [2.45, 2.75) is 44.9 Å². The Morgan fingerprint density at radius 3 is 2.86 bits per heavy atom. The molecule has 0 aromatic heterocycles. The molecule has 2 aliphatic rings. The lowest BCUT2D eigenvalue weighted by atomic mass is 9.95. The van der Waals surface area contributed by atoms with E-state index in [-0.39, 0.29) is 0 Å². The van der Waals surface area contributed by atoms with E-state index in [1.807, 2.05) is 7.11 Å². The number of hydrogen-bond acceptors (Lipinski definition) is 3. The standard InChI is InChI=1S/C17H25BrN2O/c1-12-7-8-20(11-17(12)21-2)16-6-3-14(18)9-13(16)10-19-15-4-5-15/h3,6,9,12,15,17,19H,4-5,7-8,10-11H2,1-2H3. The average molecular weight is 353 g/mol. The lowest BCUT2D eigenvalue weighted by Crippen LogP contribution is -2.44. The van der Waals surface area contributed by atoms with Crippen LogP contribution in [0, 0.1) is 5.92 Å². The van der Waals surface area contributed by atoms with Gasteiger partial charge in [-0.3, -0.25) is 0 Å². The summed E-state index contributed by atoms with van der Waals surface area (Å²) in [6.45, 7) is 5.38. The zero-order valence-corrected chi connectivity index (χ0v) is 14.5. The highest BCUT2D eigenvalue weighted by atomic mass is 79.9. The molecular weight excluding hydrogens is 328 g/mol. The second kappa shape index (κ2) is 6.67. The summed E-state index contributed by atoms with van der Waals surface area (Å²) in [6.07, 6.45) is 4.20. The van der Waals surface area contributed by atoms with E-state index in [0.717, 1.165) is 30.1 Å². The molecule has 2 unspecified atom stereocenters. The van der Waals surface area contributed by atoms with Gasteiger partial charge in [-0.2, -0.15) is 0 Å². The van der Waals surface area contributed by atoms with Crippen molar-refractivity contribution in [2.75, 3.05) is 25.1 Å². The molecule has 0 bridgehead atoms. The van der Waals surface area contributed by atoms with Crippen molar-refractivity contribution in [1.29, 1.82) is 0 Å². The van der Waals surface area contributed by atoms with Gasteiger partial charge >= 0.3 is 0 Å². The quantitative estimate of drug-likeness (QED) is 0.876. The van der Waals surface area contributed by atoms with Gasteiger partial charge in [0.05, 0.1) is 6.10 Å². The number of ether oxygens (including phenoxy) is 1. The highest BCUT2D eigenvalue weighted by Gasteiger charge is 2.27. The monoisotopic (exact) mass is 352 g/mol. The smallest absolute Gasteiger partial charge is 0.0772 e. The van der Waals surface area contributed by atoms with Gasteiger partial charge in [-0.05, 0) is 48.9 Å². The number of benzene rings is 1. The first-order chi connectivity index (χ1) is 10.2. The van der Waals surface area contributed by atoms with Crippen molar-refractivity contribution >= 4 is 21.6 Å². The lowest BCUT2D eigenvalue weighted by molar-refractivity contribution is 0.0498. The molecule has 116 valence electrons. The third-order valence-corrected chi connectivity index (χ3v) is 5.23. The van der Waals surface area contributed by atoms with Crippen molar-refractivity contribution in [3.05, 3.63) is 28.2 Å². The Kier molecular flexibility index (Phi) is 4.87. The summed E-state index contributed by atoms with van der Waals surface area (Å²) in [5.74, 6) is 0.648. The Hall–Kier alpha value is -0.580. The Morgan fingerprint density at radius 1 is 1.33 bits per heavy atom. The van der Waals surface area contributed by atoms with E-state index in [2.05, 4.69) is 51.3 Å². The van der Waals surface area contributed by atoms with Crippen LogP contribution in [-0.4, -0.2) is 32.3 Å². The maximum atomic E-state index is 5.66. The summed E-state index contributed by atoms with van der Waals surface area (Å²) in [6, 6.07) is 7.39. The summed E-state index contributed by atoms with van der Waals surface area (Å²) < 4.78 is 6.82. The van der Waals surface area contributed by atoms with Crippen molar-refractivity contribution in [3.8, 4) is 0 Å². The Bertz CT molecular complexity index is 490. The van der Waals surface area contributed by atoms with Gasteiger partial charge in [0.2, 0.25) is 0 Å². The number of nitrogens with zero attached hydrogens (tertiary/aromatic N) is 1. The van der Waals surface area contributed by atoms with Gasteiger partial charge in [-0.1, -0.05) is 22.9 Å². The van der Waals surface area contributed by atoms with Crippen LogP contribution in [0.15, 0.2) is 22.7 Å². The Morgan fingerprint density at radius 2 is 2.14 bits per heavy atom. The van der Waals surface area contributed by atoms with Crippen LogP contribution in [0.2, 0.25) is 0 Å². The lowest BCUT2D eigenvalue weighted by Gasteiger charge is -2.38. The van der Waals surface area contributed by atoms with Crippen molar-refractivity contribution in [1.82, 2.24) is 5.32 Å². The molecule has 1 saturated heterocycles. The van der Waals surface area contributed by atoms with E-state index < -0.39 is 0 Å². The summed E-state index contributed by atoms with van der Waals surface area (Å²) in [5.41, 5.74) is 2.75. The average Bonchev–Trinajstić information content (AvgIpc) is 3.30. The molecule has 2 fully saturated rings. The molecular formula is C17H25BrN2O.